The molecule has 0 aliphatic carbocycles. The fraction of sp³-hybridized carbons (Fsp3) is 0.208. The maximum absolute atomic E-state index is 13.5. The molecular weight excluding hydrogens is 431 g/mol. The summed E-state index contributed by atoms with van der Waals surface area (Å²) >= 11 is 1.21. The molecule has 1 aliphatic rings. The molecule has 0 radical (unpaired) electrons. The van der Waals surface area contributed by atoms with Crippen LogP contribution in [0, 0.1) is 5.82 Å². The number of aromatic nitrogens is 1. The minimum Gasteiger partial charge on any atom is -0.496 e. The summed E-state index contributed by atoms with van der Waals surface area (Å²) in [6.45, 7) is 3.65. The van der Waals surface area contributed by atoms with Crippen molar-refractivity contribution in [2.75, 3.05) is 13.7 Å². The highest BCUT2D eigenvalue weighted by molar-refractivity contribution is 7.07. The summed E-state index contributed by atoms with van der Waals surface area (Å²) in [7, 11) is 1.54. The first kappa shape index (κ1) is 21.7. The number of para-hydroxylation sites is 1. The van der Waals surface area contributed by atoms with Gasteiger partial charge in [0.15, 0.2) is 4.80 Å². The van der Waals surface area contributed by atoms with E-state index < -0.39 is 12.0 Å². The number of fused-ring (bicyclic) bond motifs is 1. The second kappa shape index (κ2) is 8.92. The highest BCUT2D eigenvalue weighted by Crippen LogP contribution is 2.35. The van der Waals surface area contributed by atoms with Crippen LogP contribution in [0.3, 0.4) is 0 Å². The average Bonchev–Trinajstić information content (AvgIpc) is 3.09. The van der Waals surface area contributed by atoms with Crippen LogP contribution < -0.4 is 19.6 Å². The number of benzene rings is 2. The van der Waals surface area contributed by atoms with Crippen molar-refractivity contribution in [1.29, 1.82) is 0 Å². The third-order valence-corrected chi connectivity index (χ3v) is 6.10. The van der Waals surface area contributed by atoms with Crippen molar-refractivity contribution >= 4 is 23.4 Å². The number of esters is 1. The van der Waals surface area contributed by atoms with Crippen LogP contribution in [0.1, 0.15) is 31.0 Å². The van der Waals surface area contributed by atoms with Gasteiger partial charge in [-0.1, -0.05) is 41.7 Å². The molecule has 0 bridgehead atoms. The number of hydrogen-bond acceptors (Lipinski definition) is 6. The Hall–Kier alpha value is -3.52. The first-order valence-electron chi connectivity index (χ1n) is 10.0. The molecule has 3 aromatic rings. The van der Waals surface area contributed by atoms with E-state index in [0.29, 0.717) is 31.9 Å². The standard InChI is InChI=1S/C24H21FN2O4S/c1-4-31-23(29)20-14(2)26-24-27(21(20)17-7-5-6-8-18(17)30-3)22(28)19(32-24)13-15-9-11-16(25)12-10-15/h5-13,21H,4H2,1-3H3/b19-13-. The topological polar surface area (TPSA) is 69.9 Å². The maximum atomic E-state index is 13.5. The van der Waals surface area contributed by atoms with Crippen LogP contribution in [-0.2, 0) is 9.53 Å². The van der Waals surface area contributed by atoms with Gasteiger partial charge in [0.25, 0.3) is 5.56 Å². The van der Waals surface area contributed by atoms with E-state index in [2.05, 4.69) is 4.99 Å². The molecular formula is C24H21FN2O4S. The van der Waals surface area contributed by atoms with Crippen molar-refractivity contribution in [1.82, 2.24) is 4.57 Å². The van der Waals surface area contributed by atoms with Gasteiger partial charge in [-0.2, -0.15) is 0 Å². The van der Waals surface area contributed by atoms with Gasteiger partial charge in [0.2, 0.25) is 0 Å². The average molecular weight is 453 g/mol. The molecule has 164 valence electrons. The lowest BCUT2D eigenvalue weighted by Gasteiger charge is -2.25. The molecule has 6 nitrogen and oxygen atoms in total. The fourth-order valence-corrected chi connectivity index (χ4v) is 4.74. The number of thiazole rings is 1. The second-order valence-electron chi connectivity index (χ2n) is 7.10. The molecule has 4 rings (SSSR count). The van der Waals surface area contributed by atoms with E-state index in [-0.39, 0.29) is 23.6 Å². The van der Waals surface area contributed by atoms with Gasteiger partial charge < -0.3 is 9.47 Å². The molecule has 8 heteroatoms. The number of rotatable bonds is 5. The molecule has 1 aliphatic heterocycles. The molecule has 0 saturated carbocycles. The normalized spacial score (nSPS) is 15.9. The van der Waals surface area contributed by atoms with E-state index in [4.69, 9.17) is 9.47 Å². The molecule has 2 heterocycles. The van der Waals surface area contributed by atoms with E-state index in [1.165, 1.54) is 35.1 Å². The summed E-state index contributed by atoms with van der Waals surface area (Å²) in [4.78, 5) is 31.4. The van der Waals surface area contributed by atoms with Crippen LogP contribution in [0.2, 0.25) is 0 Å². The van der Waals surface area contributed by atoms with Crippen molar-refractivity contribution in [3.8, 4) is 5.75 Å². The fourth-order valence-electron chi connectivity index (χ4n) is 3.69. The number of allylic oxidation sites excluding steroid dienone is 1. The smallest absolute Gasteiger partial charge is 0.338 e. The number of carbonyl (C=O) groups excluding carboxylic acids is 1. The Morgan fingerprint density at radius 2 is 1.94 bits per heavy atom. The summed E-state index contributed by atoms with van der Waals surface area (Å²) in [5.74, 6) is -0.339. The summed E-state index contributed by atoms with van der Waals surface area (Å²) in [6, 6.07) is 12.4. The SMILES string of the molecule is CCOC(=O)C1=C(C)N=c2s/c(=C\c3ccc(F)cc3)c(=O)n2C1c1ccccc1OC. The van der Waals surface area contributed by atoms with Gasteiger partial charge in [0, 0.05) is 5.56 Å². The highest BCUT2D eigenvalue weighted by atomic mass is 32.1. The zero-order valence-corrected chi connectivity index (χ0v) is 18.6. The predicted octanol–water partition coefficient (Wildman–Crippen LogP) is 2.95. The lowest BCUT2D eigenvalue weighted by atomic mass is 9.95. The van der Waals surface area contributed by atoms with Crippen molar-refractivity contribution in [2.45, 2.75) is 19.9 Å². The van der Waals surface area contributed by atoms with E-state index in [9.17, 15) is 14.0 Å². The number of carbonyl (C=O) groups is 1. The Bertz CT molecular complexity index is 1390. The van der Waals surface area contributed by atoms with Crippen LogP contribution in [0.25, 0.3) is 6.08 Å². The molecule has 0 fully saturated rings. The minimum absolute atomic E-state index is 0.198. The molecule has 2 aromatic carbocycles. The summed E-state index contributed by atoms with van der Waals surface area (Å²) < 4.78 is 26.0. The summed E-state index contributed by atoms with van der Waals surface area (Å²) in [5.41, 5.74) is 1.81. The molecule has 1 unspecified atom stereocenters. The van der Waals surface area contributed by atoms with Gasteiger partial charge in [-0.3, -0.25) is 9.36 Å². The Morgan fingerprint density at radius 1 is 1.22 bits per heavy atom. The third-order valence-electron chi connectivity index (χ3n) is 5.12. The number of halogens is 1. The van der Waals surface area contributed by atoms with Crippen molar-refractivity contribution in [3.05, 3.63) is 96.4 Å². The van der Waals surface area contributed by atoms with Crippen LogP contribution in [0.4, 0.5) is 4.39 Å². The van der Waals surface area contributed by atoms with Gasteiger partial charge in [-0.15, -0.1) is 0 Å². The molecule has 0 N–H and O–H groups in total. The number of methoxy groups -OCH3 is 1. The van der Waals surface area contributed by atoms with Gasteiger partial charge >= 0.3 is 5.97 Å². The second-order valence-corrected chi connectivity index (χ2v) is 8.10. The maximum Gasteiger partial charge on any atom is 0.338 e. The van der Waals surface area contributed by atoms with Crippen LogP contribution in [0.15, 0.2) is 69.6 Å². The molecule has 0 amide bonds. The van der Waals surface area contributed by atoms with Crippen LogP contribution in [-0.4, -0.2) is 24.3 Å². The van der Waals surface area contributed by atoms with Crippen LogP contribution >= 0.6 is 11.3 Å². The first-order valence-corrected chi connectivity index (χ1v) is 10.8. The predicted molar refractivity (Wildman–Crippen MR) is 120 cm³/mol. The highest BCUT2D eigenvalue weighted by Gasteiger charge is 2.34. The lowest BCUT2D eigenvalue weighted by Crippen LogP contribution is -2.40. The summed E-state index contributed by atoms with van der Waals surface area (Å²) in [6.07, 6.45) is 1.69. The summed E-state index contributed by atoms with van der Waals surface area (Å²) in [5, 5.41) is 0. The lowest BCUT2D eigenvalue weighted by molar-refractivity contribution is -0.139. The van der Waals surface area contributed by atoms with Gasteiger partial charge in [0.05, 0.1) is 29.5 Å². The first-order chi connectivity index (χ1) is 15.4. The van der Waals surface area contributed by atoms with Gasteiger partial charge in [0.1, 0.15) is 17.6 Å². The molecule has 1 aromatic heterocycles. The molecule has 0 saturated heterocycles. The van der Waals surface area contributed by atoms with E-state index in [1.807, 2.05) is 18.2 Å². The van der Waals surface area contributed by atoms with E-state index >= 15 is 0 Å². The Labute approximate surface area is 187 Å². The Balaban J connectivity index is 1.98. The molecule has 32 heavy (non-hydrogen) atoms. The zero-order valence-electron chi connectivity index (χ0n) is 17.8. The van der Waals surface area contributed by atoms with Gasteiger partial charge in [-0.25, -0.2) is 14.2 Å². The number of ether oxygens (including phenoxy) is 2. The minimum atomic E-state index is -0.753. The Kier molecular flexibility index (Phi) is 6.05. The van der Waals surface area contributed by atoms with Crippen molar-refractivity contribution in [2.24, 2.45) is 4.99 Å². The Morgan fingerprint density at radius 3 is 2.62 bits per heavy atom. The number of hydrogen-bond donors (Lipinski definition) is 0. The quantitative estimate of drug-likeness (QED) is 0.558. The molecule has 0 spiro atoms. The van der Waals surface area contributed by atoms with Crippen molar-refractivity contribution < 1.29 is 18.7 Å². The van der Waals surface area contributed by atoms with Crippen LogP contribution in [0.5, 0.6) is 5.75 Å². The largest absolute Gasteiger partial charge is 0.496 e. The zero-order chi connectivity index (χ0) is 22.8. The monoisotopic (exact) mass is 452 g/mol. The van der Waals surface area contributed by atoms with Crippen molar-refractivity contribution in [3.63, 3.8) is 0 Å². The number of nitrogens with zero attached hydrogens (tertiary/aromatic N) is 2. The van der Waals surface area contributed by atoms with E-state index in [1.54, 1.807) is 38.1 Å². The van der Waals surface area contributed by atoms with Gasteiger partial charge in [-0.05, 0) is 43.7 Å². The molecule has 1 atom stereocenters. The van der Waals surface area contributed by atoms with E-state index in [0.717, 1.165) is 0 Å². The third kappa shape index (κ3) is 3.89.